The number of aromatic nitrogens is 4. The molecule has 1 amide bonds. The molecule has 0 saturated heterocycles. The molecule has 1 N–H and O–H groups in total. The number of fused-ring (bicyclic) bond motifs is 1. The van der Waals surface area contributed by atoms with Gasteiger partial charge in [-0.05, 0) is 37.1 Å². The van der Waals surface area contributed by atoms with Crippen LogP contribution in [-0.4, -0.2) is 38.4 Å². The number of nitrogens with one attached hydrogen (secondary N) is 1. The van der Waals surface area contributed by atoms with Crippen LogP contribution in [0.4, 0.5) is 0 Å². The fraction of sp³-hybridized carbons (Fsp3) is 0.280. The number of aryl methyl sites for hydroxylation is 1. The second-order valence-electron chi connectivity index (χ2n) is 7.88. The average molecular weight is 446 g/mol. The molecule has 0 bridgehead atoms. The molecule has 0 unspecified atom stereocenters. The van der Waals surface area contributed by atoms with Gasteiger partial charge in [-0.15, -0.1) is 0 Å². The molecule has 33 heavy (non-hydrogen) atoms. The van der Waals surface area contributed by atoms with Crippen molar-refractivity contribution in [1.29, 1.82) is 0 Å². The van der Waals surface area contributed by atoms with Crippen molar-refractivity contribution in [1.82, 2.24) is 24.6 Å². The molecule has 0 radical (unpaired) electrons. The van der Waals surface area contributed by atoms with E-state index >= 15 is 0 Å². The van der Waals surface area contributed by atoms with Crippen LogP contribution in [0, 0.1) is 6.92 Å². The zero-order valence-electron chi connectivity index (χ0n) is 18.8. The van der Waals surface area contributed by atoms with Crippen molar-refractivity contribution in [2.45, 2.75) is 33.4 Å². The lowest BCUT2D eigenvalue weighted by atomic mass is 10.1. The molecule has 170 valence electrons. The number of nitrogens with zero attached hydrogens (tertiary/aromatic N) is 4. The Hall–Kier alpha value is -3.94. The summed E-state index contributed by atoms with van der Waals surface area (Å²) in [7, 11) is 0. The summed E-state index contributed by atoms with van der Waals surface area (Å²) in [5.41, 5.74) is 3.48. The SMILES string of the molecule is CCOc1ccc(CC(=O)NCCn2ncc3c(=O)n(Cc4cccc(C)c4)cnc32)cc1. The van der Waals surface area contributed by atoms with Gasteiger partial charge in [-0.25, -0.2) is 9.67 Å². The smallest absolute Gasteiger partial charge is 0.264 e. The zero-order chi connectivity index (χ0) is 23.2. The van der Waals surface area contributed by atoms with Crippen LogP contribution >= 0.6 is 0 Å². The van der Waals surface area contributed by atoms with E-state index in [2.05, 4.69) is 21.5 Å². The van der Waals surface area contributed by atoms with Crippen molar-refractivity contribution in [3.8, 4) is 5.75 Å². The fourth-order valence-electron chi connectivity index (χ4n) is 3.70. The molecule has 0 aliphatic heterocycles. The number of ether oxygens (including phenoxy) is 1. The van der Waals surface area contributed by atoms with Crippen molar-refractivity contribution in [3.05, 3.63) is 88.1 Å². The van der Waals surface area contributed by atoms with E-state index in [-0.39, 0.29) is 17.9 Å². The van der Waals surface area contributed by atoms with Crippen LogP contribution in [0.5, 0.6) is 5.75 Å². The number of hydrogen-bond acceptors (Lipinski definition) is 5. The molecule has 2 aromatic heterocycles. The van der Waals surface area contributed by atoms with Gasteiger partial charge in [0.25, 0.3) is 5.56 Å². The number of carbonyl (C=O) groups excluding carboxylic acids is 1. The normalized spacial score (nSPS) is 11.0. The molecule has 0 atom stereocenters. The summed E-state index contributed by atoms with van der Waals surface area (Å²) in [5.74, 6) is 0.710. The summed E-state index contributed by atoms with van der Waals surface area (Å²) in [6.07, 6.45) is 3.38. The number of benzene rings is 2. The number of amides is 1. The van der Waals surface area contributed by atoms with Crippen molar-refractivity contribution in [3.63, 3.8) is 0 Å². The van der Waals surface area contributed by atoms with Crippen LogP contribution in [0.25, 0.3) is 11.0 Å². The molecule has 4 rings (SSSR count). The first-order chi connectivity index (χ1) is 16.0. The third-order valence-electron chi connectivity index (χ3n) is 5.30. The van der Waals surface area contributed by atoms with E-state index in [1.807, 2.05) is 56.3 Å². The predicted octanol–water partition coefficient (Wildman–Crippen LogP) is 2.71. The standard InChI is InChI=1S/C25H27N5O3/c1-3-33-21-9-7-19(8-10-21)14-23(31)26-11-12-30-24-22(15-28-30)25(32)29(17-27-24)16-20-6-4-5-18(2)13-20/h4-10,13,15,17H,3,11-12,14,16H2,1-2H3,(H,26,31). The first-order valence-electron chi connectivity index (χ1n) is 11.0. The van der Waals surface area contributed by atoms with Gasteiger partial charge >= 0.3 is 0 Å². The third kappa shape index (κ3) is 5.46. The molecule has 2 aromatic carbocycles. The fourth-order valence-corrected chi connectivity index (χ4v) is 3.70. The Balaban J connectivity index is 1.35. The second kappa shape index (κ2) is 10.1. The monoisotopic (exact) mass is 445 g/mol. The van der Waals surface area contributed by atoms with Crippen LogP contribution < -0.4 is 15.6 Å². The number of carbonyl (C=O) groups is 1. The number of rotatable bonds is 9. The van der Waals surface area contributed by atoms with E-state index in [0.717, 1.165) is 22.4 Å². The minimum absolute atomic E-state index is 0.0795. The van der Waals surface area contributed by atoms with Gasteiger partial charge in [0.1, 0.15) is 17.5 Å². The second-order valence-corrected chi connectivity index (χ2v) is 7.88. The Morgan fingerprint density at radius 2 is 1.94 bits per heavy atom. The maximum Gasteiger partial charge on any atom is 0.264 e. The first-order valence-corrected chi connectivity index (χ1v) is 11.0. The molecule has 0 spiro atoms. The largest absolute Gasteiger partial charge is 0.494 e. The summed E-state index contributed by atoms with van der Waals surface area (Å²) in [5, 5.41) is 7.66. The van der Waals surface area contributed by atoms with Crippen LogP contribution in [0.15, 0.2) is 65.8 Å². The van der Waals surface area contributed by atoms with E-state index in [9.17, 15) is 9.59 Å². The highest BCUT2D eigenvalue weighted by Crippen LogP contribution is 2.12. The van der Waals surface area contributed by atoms with Gasteiger partial charge in [-0.3, -0.25) is 14.2 Å². The summed E-state index contributed by atoms with van der Waals surface area (Å²) in [6.45, 7) is 5.83. The number of hydrogen-bond donors (Lipinski definition) is 1. The third-order valence-corrected chi connectivity index (χ3v) is 5.30. The summed E-state index contributed by atoms with van der Waals surface area (Å²) in [6, 6.07) is 15.5. The van der Waals surface area contributed by atoms with Gasteiger partial charge < -0.3 is 10.1 Å². The Morgan fingerprint density at radius 3 is 2.70 bits per heavy atom. The highest BCUT2D eigenvalue weighted by molar-refractivity contribution is 5.78. The molecular weight excluding hydrogens is 418 g/mol. The Bertz CT molecular complexity index is 1310. The van der Waals surface area contributed by atoms with Crippen molar-refractivity contribution in [2.24, 2.45) is 0 Å². The molecule has 0 aliphatic rings. The Morgan fingerprint density at radius 1 is 1.12 bits per heavy atom. The predicted molar refractivity (Wildman–Crippen MR) is 126 cm³/mol. The summed E-state index contributed by atoms with van der Waals surface area (Å²) < 4.78 is 8.65. The lowest BCUT2D eigenvalue weighted by Crippen LogP contribution is -2.29. The molecule has 0 fully saturated rings. The molecule has 8 nitrogen and oxygen atoms in total. The van der Waals surface area contributed by atoms with Gasteiger partial charge in [0.15, 0.2) is 5.65 Å². The molecule has 0 aliphatic carbocycles. The van der Waals surface area contributed by atoms with Crippen LogP contribution in [-0.2, 0) is 24.3 Å². The van der Waals surface area contributed by atoms with Crippen LogP contribution in [0.2, 0.25) is 0 Å². The van der Waals surface area contributed by atoms with Crippen molar-refractivity contribution in [2.75, 3.05) is 13.2 Å². The molecule has 0 saturated carbocycles. The summed E-state index contributed by atoms with van der Waals surface area (Å²) >= 11 is 0. The lowest BCUT2D eigenvalue weighted by molar-refractivity contribution is -0.120. The van der Waals surface area contributed by atoms with E-state index in [0.29, 0.717) is 37.3 Å². The lowest BCUT2D eigenvalue weighted by Gasteiger charge is -2.08. The zero-order valence-corrected chi connectivity index (χ0v) is 18.8. The average Bonchev–Trinajstić information content (AvgIpc) is 3.21. The summed E-state index contributed by atoms with van der Waals surface area (Å²) in [4.78, 5) is 29.6. The van der Waals surface area contributed by atoms with E-state index in [1.54, 1.807) is 21.8 Å². The van der Waals surface area contributed by atoms with Gasteiger partial charge in [0.2, 0.25) is 5.91 Å². The Kier molecular flexibility index (Phi) is 6.83. The van der Waals surface area contributed by atoms with Gasteiger partial charge in [0, 0.05) is 6.54 Å². The highest BCUT2D eigenvalue weighted by Gasteiger charge is 2.11. The maximum absolute atomic E-state index is 12.9. The maximum atomic E-state index is 12.9. The quantitative estimate of drug-likeness (QED) is 0.428. The van der Waals surface area contributed by atoms with Crippen molar-refractivity contribution < 1.29 is 9.53 Å². The van der Waals surface area contributed by atoms with E-state index < -0.39 is 0 Å². The minimum atomic E-state index is -0.132. The molecule has 8 heteroatoms. The topological polar surface area (TPSA) is 91.0 Å². The van der Waals surface area contributed by atoms with E-state index in [4.69, 9.17) is 4.74 Å². The van der Waals surface area contributed by atoms with Crippen molar-refractivity contribution >= 4 is 16.9 Å². The van der Waals surface area contributed by atoms with Crippen LogP contribution in [0.3, 0.4) is 0 Å². The minimum Gasteiger partial charge on any atom is -0.494 e. The molecule has 2 heterocycles. The molecular formula is C25H27N5O3. The van der Waals surface area contributed by atoms with Gasteiger partial charge in [-0.2, -0.15) is 5.10 Å². The first kappa shape index (κ1) is 22.3. The van der Waals surface area contributed by atoms with Gasteiger partial charge in [-0.1, -0.05) is 42.0 Å². The highest BCUT2D eigenvalue weighted by atomic mass is 16.5. The Labute approximate surface area is 191 Å². The van der Waals surface area contributed by atoms with Crippen LogP contribution in [0.1, 0.15) is 23.6 Å². The van der Waals surface area contributed by atoms with Gasteiger partial charge in [0.05, 0.1) is 32.3 Å². The molecule has 4 aromatic rings. The van der Waals surface area contributed by atoms with E-state index in [1.165, 1.54) is 0 Å².